The highest BCUT2D eigenvalue weighted by Gasteiger charge is 2.15. The van der Waals surface area contributed by atoms with Crippen LogP contribution in [0.3, 0.4) is 0 Å². The van der Waals surface area contributed by atoms with Gasteiger partial charge in [-0.25, -0.2) is 0 Å². The zero-order valence-corrected chi connectivity index (χ0v) is 12.0. The Hall–Kier alpha value is -0.810. The lowest BCUT2D eigenvalue weighted by molar-refractivity contribution is 0.186. The number of hydrogen-bond donors (Lipinski definition) is 2. The van der Waals surface area contributed by atoms with Crippen LogP contribution in [0.4, 0.5) is 0 Å². The number of ether oxygens (including phenoxy) is 1. The molecular formula is C13H28N4O. The summed E-state index contributed by atoms with van der Waals surface area (Å²) < 4.78 is 4.99. The summed E-state index contributed by atoms with van der Waals surface area (Å²) in [5, 5.41) is 6.54. The molecule has 106 valence electrons. The number of nitrogens with one attached hydrogen (secondary N) is 2. The van der Waals surface area contributed by atoms with Crippen molar-refractivity contribution in [2.75, 3.05) is 53.5 Å². The van der Waals surface area contributed by atoms with E-state index >= 15 is 0 Å². The van der Waals surface area contributed by atoms with Crippen molar-refractivity contribution >= 4 is 5.96 Å². The van der Waals surface area contributed by atoms with E-state index in [1.807, 2.05) is 0 Å². The van der Waals surface area contributed by atoms with Gasteiger partial charge in [-0.15, -0.1) is 0 Å². The van der Waals surface area contributed by atoms with Crippen molar-refractivity contribution in [1.82, 2.24) is 15.5 Å². The second-order valence-electron chi connectivity index (χ2n) is 4.97. The van der Waals surface area contributed by atoms with Crippen LogP contribution in [0, 0.1) is 5.92 Å². The van der Waals surface area contributed by atoms with Gasteiger partial charge in [0.25, 0.3) is 0 Å². The molecule has 0 radical (unpaired) electrons. The van der Waals surface area contributed by atoms with Crippen molar-refractivity contribution in [3.63, 3.8) is 0 Å². The van der Waals surface area contributed by atoms with E-state index < -0.39 is 0 Å². The predicted octanol–water partition coefficient (Wildman–Crippen LogP) is 0.530. The Labute approximate surface area is 111 Å². The fraction of sp³-hybridized carbons (Fsp3) is 0.923. The molecule has 1 unspecified atom stereocenters. The van der Waals surface area contributed by atoms with Gasteiger partial charge in [0.15, 0.2) is 5.96 Å². The summed E-state index contributed by atoms with van der Waals surface area (Å²) >= 11 is 0. The molecule has 1 atom stereocenters. The first-order chi connectivity index (χ1) is 8.76. The van der Waals surface area contributed by atoms with Crippen molar-refractivity contribution in [3.8, 4) is 0 Å². The zero-order chi connectivity index (χ0) is 13.2. The molecule has 1 rings (SSSR count). The zero-order valence-electron chi connectivity index (χ0n) is 12.0. The van der Waals surface area contributed by atoms with Gasteiger partial charge in [-0.05, 0) is 25.3 Å². The maximum Gasteiger partial charge on any atom is 0.191 e. The average molecular weight is 256 g/mol. The normalized spacial score (nSPS) is 21.9. The van der Waals surface area contributed by atoms with Crippen molar-refractivity contribution < 1.29 is 4.74 Å². The third kappa shape index (κ3) is 6.21. The van der Waals surface area contributed by atoms with Crippen LogP contribution >= 0.6 is 0 Å². The molecule has 0 amide bonds. The molecule has 0 saturated carbocycles. The molecule has 1 aliphatic rings. The van der Waals surface area contributed by atoms with Crippen LogP contribution in [0.2, 0.25) is 0 Å². The number of hydrogen-bond acceptors (Lipinski definition) is 3. The van der Waals surface area contributed by atoms with Crippen LogP contribution in [0.25, 0.3) is 0 Å². The first-order valence-electron chi connectivity index (χ1n) is 6.92. The summed E-state index contributed by atoms with van der Waals surface area (Å²) in [5.74, 6) is 1.70. The molecule has 5 heteroatoms. The summed E-state index contributed by atoms with van der Waals surface area (Å²) in [7, 11) is 3.50. The SMILES string of the molecule is CN=C(NCCOC)NCCN1CCCC(C)C1. The van der Waals surface area contributed by atoms with Crippen molar-refractivity contribution in [2.24, 2.45) is 10.9 Å². The molecule has 0 aromatic rings. The van der Waals surface area contributed by atoms with E-state index in [1.54, 1.807) is 14.2 Å². The van der Waals surface area contributed by atoms with Crippen molar-refractivity contribution in [3.05, 3.63) is 0 Å². The quantitative estimate of drug-likeness (QED) is 0.413. The number of rotatable bonds is 6. The fourth-order valence-corrected chi connectivity index (χ4v) is 2.31. The molecule has 0 aromatic heterocycles. The van der Waals surface area contributed by atoms with Crippen molar-refractivity contribution in [1.29, 1.82) is 0 Å². The Bertz CT molecular complexity index is 245. The predicted molar refractivity (Wildman–Crippen MR) is 76.1 cm³/mol. The van der Waals surface area contributed by atoms with Crippen LogP contribution in [-0.4, -0.2) is 64.3 Å². The highest BCUT2D eigenvalue weighted by atomic mass is 16.5. The van der Waals surface area contributed by atoms with E-state index in [0.717, 1.165) is 31.5 Å². The smallest absolute Gasteiger partial charge is 0.191 e. The Balaban J connectivity index is 2.11. The van der Waals surface area contributed by atoms with Gasteiger partial charge in [-0.1, -0.05) is 6.92 Å². The topological polar surface area (TPSA) is 48.9 Å². The lowest BCUT2D eigenvalue weighted by atomic mass is 10.0. The number of piperidine rings is 1. The molecule has 1 saturated heterocycles. The van der Waals surface area contributed by atoms with E-state index in [4.69, 9.17) is 4.74 Å². The lowest BCUT2D eigenvalue weighted by Gasteiger charge is -2.30. The van der Waals surface area contributed by atoms with Crippen LogP contribution in [0.5, 0.6) is 0 Å². The number of guanidine groups is 1. The largest absolute Gasteiger partial charge is 0.383 e. The number of methoxy groups -OCH3 is 1. The van der Waals surface area contributed by atoms with E-state index in [1.165, 1.54) is 25.9 Å². The first kappa shape index (κ1) is 15.2. The standard InChI is InChI=1S/C13H28N4O/c1-12-5-4-8-17(11-12)9-6-15-13(14-2)16-7-10-18-3/h12H,4-11H2,1-3H3,(H2,14,15,16). The van der Waals surface area contributed by atoms with Crippen LogP contribution in [-0.2, 0) is 4.74 Å². The van der Waals surface area contributed by atoms with E-state index in [9.17, 15) is 0 Å². The van der Waals surface area contributed by atoms with Gasteiger partial charge in [-0.3, -0.25) is 4.99 Å². The Morgan fingerprint density at radius 1 is 1.39 bits per heavy atom. The lowest BCUT2D eigenvalue weighted by Crippen LogP contribution is -2.44. The number of likely N-dealkylation sites (tertiary alicyclic amines) is 1. The van der Waals surface area contributed by atoms with Gasteiger partial charge in [0.2, 0.25) is 0 Å². The second-order valence-corrected chi connectivity index (χ2v) is 4.97. The molecule has 18 heavy (non-hydrogen) atoms. The minimum absolute atomic E-state index is 0.699. The maximum atomic E-state index is 4.99. The van der Waals surface area contributed by atoms with Gasteiger partial charge in [0.1, 0.15) is 0 Å². The molecule has 1 fully saturated rings. The molecule has 5 nitrogen and oxygen atoms in total. The van der Waals surface area contributed by atoms with E-state index in [2.05, 4.69) is 27.4 Å². The molecular weight excluding hydrogens is 228 g/mol. The van der Waals surface area contributed by atoms with E-state index in [-0.39, 0.29) is 0 Å². The minimum atomic E-state index is 0.699. The van der Waals surface area contributed by atoms with Crippen LogP contribution < -0.4 is 10.6 Å². The van der Waals surface area contributed by atoms with E-state index in [0.29, 0.717) is 6.61 Å². The molecule has 2 N–H and O–H groups in total. The van der Waals surface area contributed by atoms with Gasteiger partial charge in [-0.2, -0.15) is 0 Å². The van der Waals surface area contributed by atoms with Gasteiger partial charge in [0, 0.05) is 40.3 Å². The fourth-order valence-electron chi connectivity index (χ4n) is 2.31. The highest BCUT2D eigenvalue weighted by molar-refractivity contribution is 5.79. The second kappa shape index (κ2) is 9.16. The Kier molecular flexibility index (Phi) is 7.76. The highest BCUT2D eigenvalue weighted by Crippen LogP contribution is 2.14. The number of aliphatic imine (C=N–C) groups is 1. The molecule has 0 aromatic carbocycles. The van der Waals surface area contributed by atoms with Crippen LogP contribution in [0.15, 0.2) is 4.99 Å². The molecule has 1 heterocycles. The molecule has 0 aliphatic carbocycles. The third-order valence-electron chi connectivity index (χ3n) is 3.28. The first-order valence-corrected chi connectivity index (χ1v) is 6.92. The summed E-state index contributed by atoms with van der Waals surface area (Å²) in [6.07, 6.45) is 2.71. The molecule has 0 spiro atoms. The summed E-state index contributed by atoms with van der Waals surface area (Å²) in [5.41, 5.74) is 0. The van der Waals surface area contributed by atoms with Gasteiger partial charge in [0.05, 0.1) is 6.61 Å². The average Bonchev–Trinajstić information content (AvgIpc) is 2.37. The summed E-state index contributed by atoms with van der Waals surface area (Å²) in [6, 6.07) is 0. The van der Waals surface area contributed by atoms with Gasteiger partial charge < -0.3 is 20.3 Å². The van der Waals surface area contributed by atoms with Gasteiger partial charge >= 0.3 is 0 Å². The Morgan fingerprint density at radius 3 is 2.83 bits per heavy atom. The Morgan fingerprint density at radius 2 is 2.17 bits per heavy atom. The molecule has 0 bridgehead atoms. The third-order valence-corrected chi connectivity index (χ3v) is 3.28. The minimum Gasteiger partial charge on any atom is -0.383 e. The van der Waals surface area contributed by atoms with Crippen LogP contribution in [0.1, 0.15) is 19.8 Å². The molecule has 1 aliphatic heterocycles. The maximum absolute atomic E-state index is 4.99. The monoisotopic (exact) mass is 256 g/mol. The summed E-state index contributed by atoms with van der Waals surface area (Å²) in [4.78, 5) is 6.71. The van der Waals surface area contributed by atoms with Crippen molar-refractivity contribution in [2.45, 2.75) is 19.8 Å². The number of nitrogens with zero attached hydrogens (tertiary/aromatic N) is 2. The summed E-state index contributed by atoms with van der Waals surface area (Å²) in [6.45, 7) is 8.33.